The van der Waals surface area contributed by atoms with Crippen molar-refractivity contribution in [2.24, 2.45) is 5.92 Å². The lowest BCUT2D eigenvalue weighted by atomic mass is 9.96. The molecule has 16 heavy (non-hydrogen) atoms. The van der Waals surface area contributed by atoms with E-state index in [0.717, 1.165) is 0 Å². The summed E-state index contributed by atoms with van der Waals surface area (Å²) in [7, 11) is 0. The van der Waals surface area contributed by atoms with Crippen LogP contribution in [0.15, 0.2) is 24.3 Å². The first-order valence-electron chi connectivity index (χ1n) is 4.72. The maximum Gasteiger partial charge on any atom is 0.163 e. The van der Waals surface area contributed by atoms with Crippen molar-refractivity contribution in [2.45, 2.75) is 13.3 Å². The number of carbonyl (C=O) groups excluding carboxylic acids is 2. The van der Waals surface area contributed by atoms with Gasteiger partial charge in [-0.1, -0.05) is 18.2 Å². The number of ketones is 2. The molecule has 0 spiro atoms. The van der Waals surface area contributed by atoms with Crippen LogP contribution in [0, 0.1) is 23.1 Å². The van der Waals surface area contributed by atoms with Crippen molar-refractivity contribution in [3.8, 4) is 6.07 Å². The molecule has 0 aliphatic heterocycles. The third-order valence-electron chi connectivity index (χ3n) is 2.18. The quantitative estimate of drug-likeness (QED) is 0.723. The third kappa shape index (κ3) is 2.74. The number of halogens is 1. The molecule has 1 aromatic rings. The smallest absolute Gasteiger partial charge is 0.163 e. The Labute approximate surface area is 92.5 Å². The lowest BCUT2D eigenvalue weighted by Crippen LogP contribution is -2.22. The first-order chi connectivity index (χ1) is 7.56. The molecule has 1 unspecified atom stereocenters. The van der Waals surface area contributed by atoms with Crippen LogP contribution in [0.4, 0.5) is 4.39 Å². The molecule has 0 fully saturated rings. The Morgan fingerprint density at radius 3 is 2.56 bits per heavy atom. The first-order valence-corrected chi connectivity index (χ1v) is 4.72. The molecule has 0 aliphatic rings. The molecule has 0 aromatic heterocycles. The summed E-state index contributed by atoms with van der Waals surface area (Å²) in [6.07, 6.45) is -0.232. The highest BCUT2D eigenvalue weighted by molar-refractivity contribution is 6.04. The molecule has 4 heteroatoms. The van der Waals surface area contributed by atoms with Crippen LogP contribution in [-0.2, 0) is 16.0 Å². The van der Waals surface area contributed by atoms with Crippen molar-refractivity contribution in [2.75, 3.05) is 0 Å². The lowest BCUT2D eigenvalue weighted by molar-refractivity contribution is -0.128. The monoisotopic (exact) mass is 219 g/mol. The fourth-order valence-electron chi connectivity index (χ4n) is 1.32. The molecule has 0 saturated heterocycles. The van der Waals surface area contributed by atoms with E-state index >= 15 is 0 Å². The maximum atomic E-state index is 13.2. The molecule has 82 valence electrons. The van der Waals surface area contributed by atoms with Crippen LogP contribution < -0.4 is 0 Å². The number of Topliss-reactive ketones (excluding diaryl/α,β-unsaturated/α-hetero) is 2. The zero-order chi connectivity index (χ0) is 12.1. The molecule has 0 radical (unpaired) electrons. The Morgan fingerprint density at radius 1 is 1.44 bits per heavy atom. The van der Waals surface area contributed by atoms with Crippen molar-refractivity contribution in [1.82, 2.24) is 0 Å². The van der Waals surface area contributed by atoms with Crippen LogP contribution in [0.1, 0.15) is 12.5 Å². The second-order valence-corrected chi connectivity index (χ2v) is 3.41. The molecule has 0 heterocycles. The van der Waals surface area contributed by atoms with Crippen LogP contribution in [0.25, 0.3) is 0 Å². The van der Waals surface area contributed by atoms with Gasteiger partial charge in [0.2, 0.25) is 0 Å². The van der Waals surface area contributed by atoms with Crippen LogP contribution >= 0.6 is 0 Å². The predicted octanol–water partition coefficient (Wildman–Crippen LogP) is 1.67. The van der Waals surface area contributed by atoms with Crippen molar-refractivity contribution >= 4 is 11.6 Å². The van der Waals surface area contributed by atoms with E-state index in [2.05, 4.69) is 0 Å². The SMILES string of the molecule is CC(=O)C(C#N)C(=O)Cc1ccccc1F. The van der Waals surface area contributed by atoms with Gasteiger partial charge in [0.05, 0.1) is 6.07 Å². The summed E-state index contributed by atoms with van der Waals surface area (Å²) in [4.78, 5) is 22.5. The van der Waals surface area contributed by atoms with E-state index in [4.69, 9.17) is 5.26 Å². The highest BCUT2D eigenvalue weighted by atomic mass is 19.1. The second kappa shape index (κ2) is 5.17. The summed E-state index contributed by atoms with van der Waals surface area (Å²) in [6, 6.07) is 7.42. The summed E-state index contributed by atoms with van der Waals surface area (Å²) < 4.78 is 13.2. The maximum absolute atomic E-state index is 13.2. The molecule has 3 nitrogen and oxygen atoms in total. The summed E-state index contributed by atoms with van der Waals surface area (Å²) in [6.45, 7) is 1.17. The second-order valence-electron chi connectivity index (χ2n) is 3.41. The van der Waals surface area contributed by atoms with Crippen LogP contribution in [0.2, 0.25) is 0 Å². The van der Waals surface area contributed by atoms with Crippen LogP contribution in [0.5, 0.6) is 0 Å². The van der Waals surface area contributed by atoms with Crippen molar-refractivity contribution < 1.29 is 14.0 Å². The van der Waals surface area contributed by atoms with Gasteiger partial charge in [0, 0.05) is 6.42 Å². The molecular formula is C12H10FNO2. The minimum Gasteiger partial charge on any atom is -0.298 e. The highest BCUT2D eigenvalue weighted by Gasteiger charge is 2.23. The average molecular weight is 219 g/mol. The van der Waals surface area contributed by atoms with Crippen LogP contribution in [0.3, 0.4) is 0 Å². The van der Waals surface area contributed by atoms with Gasteiger partial charge in [0.25, 0.3) is 0 Å². The minimum absolute atomic E-state index is 0.203. The van der Waals surface area contributed by atoms with E-state index in [9.17, 15) is 14.0 Å². The fraction of sp³-hybridized carbons (Fsp3) is 0.250. The van der Waals surface area contributed by atoms with Gasteiger partial charge in [-0.3, -0.25) is 9.59 Å². The molecule has 0 bridgehead atoms. The summed E-state index contributed by atoms with van der Waals surface area (Å²) >= 11 is 0. The summed E-state index contributed by atoms with van der Waals surface area (Å²) in [5.74, 6) is -2.88. The predicted molar refractivity (Wildman–Crippen MR) is 54.9 cm³/mol. The van der Waals surface area contributed by atoms with Gasteiger partial charge >= 0.3 is 0 Å². The van der Waals surface area contributed by atoms with E-state index < -0.39 is 23.3 Å². The van der Waals surface area contributed by atoms with Crippen molar-refractivity contribution in [3.05, 3.63) is 35.6 Å². The van der Waals surface area contributed by atoms with Gasteiger partial charge in [0.1, 0.15) is 5.82 Å². The van der Waals surface area contributed by atoms with Gasteiger partial charge in [-0.05, 0) is 18.6 Å². The first kappa shape index (κ1) is 12.1. The Kier molecular flexibility index (Phi) is 3.90. The van der Waals surface area contributed by atoms with Gasteiger partial charge < -0.3 is 0 Å². The number of rotatable bonds is 4. The summed E-state index contributed by atoms with van der Waals surface area (Å²) in [5, 5.41) is 8.63. The number of benzene rings is 1. The summed E-state index contributed by atoms with van der Waals surface area (Å²) in [5.41, 5.74) is 0.203. The Bertz CT molecular complexity index is 462. The molecule has 0 amide bonds. The Hall–Kier alpha value is -2.02. The van der Waals surface area contributed by atoms with Gasteiger partial charge in [0.15, 0.2) is 17.5 Å². The average Bonchev–Trinajstić information content (AvgIpc) is 2.22. The number of carbonyl (C=O) groups is 2. The molecule has 1 atom stereocenters. The minimum atomic E-state index is -1.29. The molecule has 0 N–H and O–H groups in total. The fourth-order valence-corrected chi connectivity index (χ4v) is 1.32. The number of hydrogen-bond acceptors (Lipinski definition) is 3. The molecular weight excluding hydrogens is 209 g/mol. The van der Waals surface area contributed by atoms with E-state index in [1.165, 1.54) is 25.1 Å². The van der Waals surface area contributed by atoms with E-state index in [0.29, 0.717) is 0 Å². The standard InChI is InChI=1S/C12H10FNO2/c1-8(15)10(7-14)12(16)6-9-4-2-3-5-11(9)13/h2-5,10H,6H2,1H3. The van der Waals surface area contributed by atoms with E-state index in [1.54, 1.807) is 12.1 Å². The molecule has 0 saturated carbocycles. The topological polar surface area (TPSA) is 57.9 Å². The van der Waals surface area contributed by atoms with E-state index in [-0.39, 0.29) is 12.0 Å². The number of nitrogens with zero attached hydrogens (tertiary/aromatic N) is 1. The van der Waals surface area contributed by atoms with Gasteiger partial charge in [-0.25, -0.2) is 4.39 Å². The van der Waals surface area contributed by atoms with Gasteiger partial charge in [-0.15, -0.1) is 0 Å². The zero-order valence-corrected chi connectivity index (χ0v) is 8.74. The number of hydrogen-bond donors (Lipinski definition) is 0. The van der Waals surface area contributed by atoms with Gasteiger partial charge in [-0.2, -0.15) is 5.26 Å². The normalized spacial score (nSPS) is 11.6. The van der Waals surface area contributed by atoms with Crippen LogP contribution in [-0.4, -0.2) is 11.6 Å². The highest BCUT2D eigenvalue weighted by Crippen LogP contribution is 2.10. The van der Waals surface area contributed by atoms with Crippen molar-refractivity contribution in [1.29, 1.82) is 5.26 Å². The van der Waals surface area contributed by atoms with E-state index in [1.807, 2.05) is 0 Å². The largest absolute Gasteiger partial charge is 0.298 e. The number of nitriles is 1. The Balaban J connectivity index is 2.84. The van der Waals surface area contributed by atoms with Crippen molar-refractivity contribution in [3.63, 3.8) is 0 Å². The molecule has 0 aliphatic carbocycles. The molecule has 1 rings (SSSR count). The molecule has 1 aromatic carbocycles. The Morgan fingerprint density at radius 2 is 2.06 bits per heavy atom. The zero-order valence-electron chi connectivity index (χ0n) is 8.74. The lowest BCUT2D eigenvalue weighted by Gasteiger charge is -2.05. The third-order valence-corrected chi connectivity index (χ3v) is 2.18.